The summed E-state index contributed by atoms with van der Waals surface area (Å²) < 4.78 is 0. The zero-order valence-electron chi connectivity index (χ0n) is 9.98. The largest absolute Gasteiger partial charge is 0.396 e. The van der Waals surface area contributed by atoms with Gasteiger partial charge in [-0.25, -0.2) is 0 Å². The summed E-state index contributed by atoms with van der Waals surface area (Å²) in [5, 5.41) is 4.67. The van der Waals surface area contributed by atoms with Crippen molar-refractivity contribution in [1.29, 1.82) is 0 Å². The van der Waals surface area contributed by atoms with Crippen LogP contribution < -0.4 is 11.1 Å². The number of hydrogen-bond acceptors (Lipinski definition) is 3. The fraction of sp³-hybridized carbons (Fsp3) is 0.357. The summed E-state index contributed by atoms with van der Waals surface area (Å²) in [6.07, 6.45) is 4.21. The van der Waals surface area contributed by atoms with E-state index < -0.39 is 0 Å². The lowest BCUT2D eigenvalue weighted by atomic mass is 9.81. The molecule has 0 spiro atoms. The summed E-state index contributed by atoms with van der Waals surface area (Å²) in [5.41, 5.74) is 8.81. The van der Waals surface area contributed by atoms with Gasteiger partial charge >= 0.3 is 0 Å². The second-order valence-corrected chi connectivity index (χ2v) is 5.02. The van der Waals surface area contributed by atoms with Crippen LogP contribution in [-0.2, 0) is 0 Å². The van der Waals surface area contributed by atoms with E-state index in [0.717, 1.165) is 28.2 Å². The monoisotopic (exact) mass is 227 g/mol. The third kappa shape index (κ3) is 1.82. The molecule has 88 valence electrons. The zero-order chi connectivity index (χ0) is 11.8. The Hall–Kier alpha value is -1.77. The normalized spacial score (nSPS) is 23.4. The number of fused-ring (bicyclic) bond motifs is 1. The number of benzene rings is 1. The lowest BCUT2D eigenvalue weighted by molar-refractivity contribution is 0.309. The van der Waals surface area contributed by atoms with E-state index in [4.69, 9.17) is 5.73 Å². The molecular formula is C14H17N3. The first-order valence-corrected chi connectivity index (χ1v) is 6.14. The Balaban J connectivity index is 1.99. The standard InChI is InChI=1S/C14H17N3/c1-9-6-10(7-9)17-14-11-4-2-3-5-13(11)16-8-12(14)15/h2-5,8-10H,6-7,15H2,1H3,(H,16,17). The third-order valence-electron chi connectivity index (χ3n) is 3.53. The molecule has 3 rings (SSSR count). The van der Waals surface area contributed by atoms with Gasteiger partial charge in [0.05, 0.1) is 23.1 Å². The van der Waals surface area contributed by atoms with Gasteiger partial charge in [-0.3, -0.25) is 4.98 Å². The third-order valence-corrected chi connectivity index (χ3v) is 3.53. The molecule has 0 saturated heterocycles. The van der Waals surface area contributed by atoms with E-state index in [0.29, 0.717) is 6.04 Å². The van der Waals surface area contributed by atoms with E-state index in [1.807, 2.05) is 18.2 Å². The first kappa shape index (κ1) is 10.4. The first-order chi connectivity index (χ1) is 8.24. The zero-order valence-corrected chi connectivity index (χ0v) is 9.98. The number of hydrogen-bond donors (Lipinski definition) is 2. The van der Waals surface area contributed by atoms with Gasteiger partial charge in [0.25, 0.3) is 0 Å². The van der Waals surface area contributed by atoms with Crippen molar-refractivity contribution in [2.45, 2.75) is 25.8 Å². The molecule has 3 N–H and O–H groups in total. The molecule has 1 aliphatic rings. The van der Waals surface area contributed by atoms with E-state index in [9.17, 15) is 0 Å². The number of nitrogens with zero attached hydrogens (tertiary/aromatic N) is 1. The van der Waals surface area contributed by atoms with E-state index in [-0.39, 0.29) is 0 Å². The second kappa shape index (κ2) is 3.91. The van der Waals surface area contributed by atoms with Crippen LogP contribution in [0.15, 0.2) is 30.5 Å². The topological polar surface area (TPSA) is 50.9 Å². The summed E-state index contributed by atoms with van der Waals surface area (Å²) in [6, 6.07) is 8.68. The molecule has 1 heterocycles. The Morgan fingerprint density at radius 1 is 1.29 bits per heavy atom. The van der Waals surface area contributed by atoms with Crippen LogP contribution >= 0.6 is 0 Å². The summed E-state index contributed by atoms with van der Waals surface area (Å²) >= 11 is 0. The molecule has 17 heavy (non-hydrogen) atoms. The van der Waals surface area contributed by atoms with Crippen LogP contribution in [0, 0.1) is 5.92 Å². The van der Waals surface area contributed by atoms with Crippen LogP contribution in [0.2, 0.25) is 0 Å². The van der Waals surface area contributed by atoms with Crippen molar-refractivity contribution in [3.05, 3.63) is 30.5 Å². The summed E-state index contributed by atoms with van der Waals surface area (Å²) in [7, 11) is 0. The summed E-state index contributed by atoms with van der Waals surface area (Å²) in [5.74, 6) is 0.835. The molecule has 3 nitrogen and oxygen atoms in total. The van der Waals surface area contributed by atoms with Crippen LogP contribution in [0.5, 0.6) is 0 Å². The fourth-order valence-electron chi connectivity index (χ4n) is 2.54. The molecule has 0 amide bonds. The quantitative estimate of drug-likeness (QED) is 0.829. The number of pyridine rings is 1. The van der Waals surface area contributed by atoms with Gasteiger partial charge in [-0.1, -0.05) is 25.1 Å². The lowest BCUT2D eigenvalue weighted by Crippen LogP contribution is -2.34. The number of nitrogens with one attached hydrogen (secondary N) is 1. The Bertz CT molecular complexity index is 544. The van der Waals surface area contributed by atoms with Crippen molar-refractivity contribution < 1.29 is 0 Å². The van der Waals surface area contributed by atoms with E-state index in [1.165, 1.54) is 12.8 Å². The predicted octanol–water partition coefficient (Wildman–Crippen LogP) is 3.03. The Morgan fingerprint density at radius 3 is 2.82 bits per heavy atom. The van der Waals surface area contributed by atoms with Crippen molar-refractivity contribution in [2.75, 3.05) is 11.1 Å². The second-order valence-electron chi connectivity index (χ2n) is 5.02. The minimum atomic E-state index is 0.568. The minimum absolute atomic E-state index is 0.568. The maximum atomic E-state index is 6.02. The Morgan fingerprint density at radius 2 is 2.06 bits per heavy atom. The maximum absolute atomic E-state index is 6.02. The van der Waals surface area contributed by atoms with Crippen LogP contribution in [0.3, 0.4) is 0 Å². The number of rotatable bonds is 2. The smallest absolute Gasteiger partial charge is 0.0743 e. The Labute approximate surface area is 101 Å². The van der Waals surface area contributed by atoms with Gasteiger partial charge in [-0.05, 0) is 24.8 Å². The molecule has 1 aliphatic carbocycles. The maximum Gasteiger partial charge on any atom is 0.0743 e. The minimum Gasteiger partial charge on any atom is -0.396 e. The van der Waals surface area contributed by atoms with Crippen molar-refractivity contribution in [2.24, 2.45) is 5.92 Å². The number of nitrogen functional groups attached to an aromatic ring is 1. The van der Waals surface area contributed by atoms with Crippen molar-refractivity contribution in [3.8, 4) is 0 Å². The molecule has 3 heteroatoms. The van der Waals surface area contributed by atoms with Crippen molar-refractivity contribution >= 4 is 22.3 Å². The number of aromatic nitrogens is 1. The molecule has 1 aromatic carbocycles. The van der Waals surface area contributed by atoms with Crippen LogP contribution in [-0.4, -0.2) is 11.0 Å². The average Bonchev–Trinajstić information content (AvgIpc) is 2.30. The van der Waals surface area contributed by atoms with E-state index in [2.05, 4.69) is 23.3 Å². The predicted molar refractivity (Wildman–Crippen MR) is 72.0 cm³/mol. The number of nitrogens with two attached hydrogens (primary N) is 1. The number of anilines is 2. The molecule has 0 bridgehead atoms. The molecule has 1 fully saturated rings. The SMILES string of the molecule is CC1CC(Nc2c(N)cnc3ccccc23)C1. The molecule has 1 aromatic heterocycles. The lowest BCUT2D eigenvalue weighted by Gasteiger charge is -2.34. The highest BCUT2D eigenvalue weighted by atomic mass is 15.0. The average molecular weight is 227 g/mol. The van der Waals surface area contributed by atoms with Gasteiger partial charge in [0.1, 0.15) is 0 Å². The van der Waals surface area contributed by atoms with Crippen LogP contribution in [0.25, 0.3) is 10.9 Å². The first-order valence-electron chi connectivity index (χ1n) is 6.14. The molecule has 0 atom stereocenters. The highest BCUT2D eigenvalue weighted by molar-refractivity contribution is 5.96. The Kier molecular flexibility index (Phi) is 2.39. The van der Waals surface area contributed by atoms with Crippen molar-refractivity contribution in [3.63, 3.8) is 0 Å². The molecule has 0 unspecified atom stereocenters. The fourth-order valence-corrected chi connectivity index (χ4v) is 2.54. The van der Waals surface area contributed by atoms with Crippen molar-refractivity contribution in [1.82, 2.24) is 4.98 Å². The number of para-hydroxylation sites is 1. The van der Waals surface area contributed by atoms with Gasteiger partial charge in [0.2, 0.25) is 0 Å². The van der Waals surface area contributed by atoms with Gasteiger partial charge < -0.3 is 11.1 Å². The van der Waals surface area contributed by atoms with Gasteiger partial charge in [-0.2, -0.15) is 0 Å². The van der Waals surface area contributed by atoms with Crippen LogP contribution in [0.4, 0.5) is 11.4 Å². The van der Waals surface area contributed by atoms with E-state index >= 15 is 0 Å². The van der Waals surface area contributed by atoms with Gasteiger partial charge in [-0.15, -0.1) is 0 Å². The molecule has 2 aromatic rings. The summed E-state index contributed by atoms with van der Waals surface area (Å²) in [4.78, 5) is 4.34. The highest BCUT2D eigenvalue weighted by Gasteiger charge is 2.25. The van der Waals surface area contributed by atoms with Gasteiger partial charge in [0.15, 0.2) is 0 Å². The molecular weight excluding hydrogens is 210 g/mol. The van der Waals surface area contributed by atoms with E-state index in [1.54, 1.807) is 6.20 Å². The molecule has 1 saturated carbocycles. The summed E-state index contributed by atoms with van der Waals surface area (Å²) in [6.45, 7) is 2.28. The highest BCUT2D eigenvalue weighted by Crippen LogP contribution is 2.34. The molecule has 0 radical (unpaired) electrons. The van der Waals surface area contributed by atoms with Crippen LogP contribution in [0.1, 0.15) is 19.8 Å². The molecule has 0 aliphatic heterocycles. The van der Waals surface area contributed by atoms with Gasteiger partial charge in [0, 0.05) is 11.4 Å².